The minimum Gasteiger partial charge on any atom is -0.490 e. The Labute approximate surface area is 158 Å². The third-order valence-corrected chi connectivity index (χ3v) is 4.59. The van der Waals surface area contributed by atoms with E-state index in [9.17, 15) is 18.8 Å². The van der Waals surface area contributed by atoms with Gasteiger partial charge in [-0.1, -0.05) is 25.8 Å². The Morgan fingerprint density at radius 2 is 2.11 bits per heavy atom. The molecule has 1 aromatic rings. The first-order valence-electron chi connectivity index (χ1n) is 9.09. The molecule has 0 spiro atoms. The number of amides is 1. The van der Waals surface area contributed by atoms with Crippen LogP contribution in [0.1, 0.15) is 45.1 Å². The molecule has 2 rings (SSSR count). The van der Waals surface area contributed by atoms with Gasteiger partial charge in [-0.05, 0) is 49.5 Å². The minimum absolute atomic E-state index is 0.0438. The smallest absolute Gasteiger partial charge is 0.387 e. The van der Waals surface area contributed by atoms with E-state index in [1.165, 1.54) is 24.3 Å². The number of benzene rings is 1. The molecule has 2 atom stereocenters. The van der Waals surface area contributed by atoms with Crippen molar-refractivity contribution < 1.29 is 23.0 Å². The number of carbonyl (C=O) groups excluding carboxylic acids is 1. The van der Waals surface area contributed by atoms with Crippen LogP contribution in [0.2, 0.25) is 0 Å². The molecule has 1 aliphatic rings. The zero-order chi connectivity index (χ0) is 19.8. The lowest BCUT2D eigenvalue weighted by molar-refractivity contribution is -0.118. The molecular weight excluding hydrogens is 354 g/mol. The summed E-state index contributed by atoms with van der Waals surface area (Å²) in [6, 6.07) is 6.26. The van der Waals surface area contributed by atoms with Crippen molar-refractivity contribution in [1.29, 1.82) is 5.26 Å². The van der Waals surface area contributed by atoms with Crippen molar-refractivity contribution in [2.24, 2.45) is 5.92 Å². The van der Waals surface area contributed by atoms with E-state index in [1.807, 2.05) is 6.07 Å². The third-order valence-electron chi connectivity index (χ3n) is 4.59. The summed E-state index contributed by atoms with van der Waals surface area (Å²) in [7, 11) is 0. The molecule has 0 aliphatic heterocycles. The Hall–Kier alpha value is -2.62. The number of hydrogen-bond donors (Lipinski definition) is 1. The van der Waals surface area contributed by atoms with Crippen molar-refractivity contribution in [2.45, 2.75) is 52.2 Å². The first-order valence-corrected chi connectivity index (χ1v) is 9.09. The van der Waals surface area contributed by atoms with Gasteiger partial charge in [0.2, 0.25) is 0 Å². The van der Waals surface area contributed by atoms with Crippen molar-refractivity contribution in [1.82, 2.24) is 5.32 Å². The number of nitriles is 1. The van der Waals surface area contributed by atoms with Gasteiger partial charge in [0.25, 0.3) is 5.91 Å². The molecule has 27 heavy (non-hydrogen) atoms. The molecule has 1 aromatic carbocycles. The van der Waals surface area contributed by atoms with E-state index in [0.29, 0.717) is 11.5 Å². The SMILES string of the molecule is CCOc1cc(/C=C(\C#N)C(=O)N[C@@H]2CCCC[C@H]2C)ccc1OC(F)F. The quantitative estimate of drug-likeness (QED) is 0.568. The molecule has 1 fully saturated rings. The van der Waals surface area contributed by atoms with E-state index < -0.39 is 12.5 Å². The molecule has 0 aromatic heterocycles. The van der Waals surface area contributed by atoms with Crippen molar-refractivity contribution in [3.63, 3.8) is 0 Å². The van der Waals surface area contributed by atoms with Crippen LogP contribution >= 0.6 is 0 Å². The topological polar surface area (TPSA) is 71.3 Å². The fraction of sp³-hybridized carbons (Fsp3) is 0.500. The van der Waals surface area contributed by atoms with Crippen LogP contribution in [0.15, 0.2) is 23.8 Å². The maximum absolute atomic E-state index is 12.5. The zero-order valence-electron chi connectivity index (χ0n) is 15.5. The maximum atomic E-state index is 12.5. The zero-order valence-corrected chi connectivity index (χ0v) is 15.5. The normalized spacial score (nSPS) is 20.1. The largest absolute Gasteiger partial charge is 0.490 e. The fourth-order valence-electron chi connectivity index (χ4n) is 3.17. The number of nitrogens with one attached hydrogen (secondary N) is 1. The summed E-state index contributed by atoms with van der Waals surface area (Å²) in [5.74, 6) is -0.0202. The Kier molecular flexibility index (Phi) is 7.59. The highest BCUT2D eigenvalue weighted by atomic mass is 19.3. The number of carbonyl (C=O) groups is 1. The van der Waals surface area contributed by atoms with Crippen LogP contribution in [-0.2, 0) is 4.79 Å². The molecule has 1 saturated carbocycles. The minimum atomic E-state index is -2.97. The Morgan fingerprint density at radius 1 is 1.37 bits per heavy atom. The Bertz CT molecular complexity index is 728. The van der Waals surface area contributed by atoms with Crippen molar-refractivity contribution in [3.05, 3.63) is 29.3 Å². The number of ether oxygens (including phenoxy) is 2. The van der Waals surface area contributed by atoms with Gasteiger partial charge in [-0.3, -0.25) is 4.79 Å². The summed E-state index contributed by atoms with van der Waals surface area (Å²) in [6.45, 7) is 1.10. The second-order valence-electron chi connectivity index (χ2n) is 6.53. The van der Waals surface area contributed by atoms with Crippen LogP contribution in [0.25, 0.3) is 6.08 Å². The van der Waals surface area contributed by atoms with Gasteiger partial charge >= 0.3 is 6.61 Å². The van der Waals surface area contributed by atoms with Gasteiger partial charge in [0.15, 0.2) is 11.5 Å². The highest BCUT2D eigenvalue weighted by Gasteiger charge is 2.24. The number of alkyl halides is 2. The molecule has 0 heterocycles. The summed E-state index contributed by atoms with van der Waals surface area (Å²) in [6.07, 6.45) is 5.59. The van der Waals surface area contributed by atoms with Gasteiger partial charge < -0.3 is 14.8 Å². The average Bonchev–Trinajstić information content (AvgIpc) is 2.63. The first kappa shape index (κ1) is 20.7. The molecule has 5 nitrogen and oxygen atoms in total. The van der Waals surface area contributed by atoms with Gasteiger partial charge in [0, 0.05) is 6.04 Å². The standard InChI is InChI=1S/C20H24F2N2O3/c1-3-26-18-11-14(8-9-17(18)27-20(21)22)10-15(12-23)19(25)24-16-7-5-4-6-13(16)2/h8-11,13,16,20H,3-7H2,1-2H3,(H,24,25)/b15-10+/t13-,16-/m1/s1. The molecule has 1 amide bonds. The second kappa shape index (κ2) is 9.91. The van der Waals surface area contributed by atoms with Crippen LogP contribution in [0.4, 0.5) is 8.78 Å². The van der Waals surface area contributed by atoms with Gasteiger partial charge in [-0.25, -0.2) is 0 Å². The lowest BCUT2D eigenvalue weighted by Crippen LogP contribution is -2.41. The molecule has 1 N–H and O–H groups in total. The number of hydrogen-bond acceptors (Lipinski definition) is 4. The van der Waals surface area contributed by atoms with Crippen LogP contribution in [0, 0.1) is 17.2 Å². The third kappa shape index (κ3) is 5.95. The highest BCUT2D eigenvalue weighted by molar-refractivity contribution is 6.01. The van der Waals surface area contributed by atoms with E-state index in [4.69, 9.17) is 4.74 Å². The van der Waals surface area contributed by atoms with E-state index in [1.54, 1.807) is 6.92 Å². The molecule has 0 unspecified atom stereocenters. The van der Waals surface area contributed by atoms with Crippen LogP contribution in [-0.4, -0.2) is 25.2 Å². The summed E-state index contributed by atoms with van der Waals surface area (Å²) in [5, 5.41) is 12.3. The lowest BCUT2D eigenvalue weighted by atomic mass is 9.86. The van der Waals surface area contributed by atoms with E-state index in [2.05, 4.69) is 17.0 Å². The van der Waals surface area contributed by atoms with E-state index >= 15 is 0 Å². The molecular formula is C20H24F2N2O3. The molecule has 0 bridgehead atoms. The van der Waals surface area contributed by atoms with Crippen LogP contribution < -0.4 is 14.8 Å². The Morgan fingerprint density at radius 3 is 2.74 bits per heavy atom. The maximum Gasteiger partial charge on any atom is 0.387 e. The second-order valence-corrected chi connectivity index (χ2v) is 6.53. The molecule has 146 valence electrons. The molecule has 1 aliphatic carbocycles. The first-order chi connectivity index (χ1) is 12.9. The monoisotopic (exact) mass is 378 g/mol. The molecule has 0 saturated heterocycles. The predicted octanol–water partition coefficient (Wildman–Crippen LogP) is 4.29. The Balaban J connectivity index is 2.19. The van der Waals surface area contributed by atoms with E-state index in [0.717, 1.165) is 25.7 Å². The number of halogens is 2. The van der Waals surface area contributed by atoms with Crippen molar-refractivity contribution in [2.75, 3.05) is 6.61 Å². The van der Waals surface area contributed by atoms with Crippen LogP contribution in [0.3, 0.4) is 0 Å². The number of nitrogens with zero attached hydrogens (tertiary/aromatic N) is 1. The highest BCUT2D eigenvalue weighted by Crippen LogP contribution is 2.31. The molecule has 7 heteroatoms. The van der Waals surface area contributed by atoms with Crippen LogP contribution in [0.5, 0.6) is 11.5 Å². The summed E-state index contributed by atoms with van der Waals surface area (Å²) in [5.41, 5.74) is 0.446. The molecule has 0 radical (unpaired) electrons. The van der Waals surface area contributed by atoms with Gasteiger partial charge in [0.05, 0.1) is 6.61 Å². The van der Waals surface area contributed by atoms with Gasteiger partial charge in [0.1, 0.15) is 11.6 Å². The van der Waals surface area contributed by atoms with Gasteiger partial charge in [-0.2, -0.15) is 14.0 Å². The van der Waals surface area contributed by atoms with Crippen molar-refractivity contribution >= 4 is 12.0 Å². The van der Waals surface area contributed by atoms with E-state index in [-0.39, 0.29) is 29.7 Å². The van der Waals surface area contributed by atoms with Crippen molar-refractivity contribution in [3.8, 4) is 17.6 Å². The summed E-state index contributed by atoms with van der Waals surface area (Å²) in [4.78, 5) is 12.5. The summed E-state index contributed by atoms with van der Waals surface area (Å²) < 4.78 is 34.7. The van der Waals surface area contributed by atoms with Gasteiger partial charge in [-0.15, -0.1) is 0 Å². The lowest BCUT2D eigenvalue weighted by Gasteiger charge is -2.29. The summed E-state index contributed by atoms with van der Waals surface area (Å²) >= 11 is 0. The predicted molar refractivity (Wildman–Crippen MR) is 97.4 cm³/mol. The fourth-order valence-corrected chi connectivity index (χ4v) is 3.17. The average molecular weight is 378 g/mol. The number of rotatable bonds is 7.